The van der Waals surface area contributed by atoms with Crippen molar-refractivity contribution in [3.05, 3.63) is 106 Å². The first-order chi connectivity index (χ1) is 16.5. The average Bonchev–Trinajstić information content (AvgIpc) is 2.84. The number of benzene rings is 3. The van der Waals surface area contributed by atoms with Gasteiger partial charge in [-0.25, -0.2) is 0 Å². The van der Waals surface area contributed by atoms with Crippen LogP contribution >= 0.6 is 0 Å². The number of rotatable bonds is 5. The highest BCUT2D eigenvalue weighted by atomic mass is 16.5. The van der Waals surface area contributed by atoms with Gasteiger partial charge in [-0.2, -0.15) is 0 Å². The summed E-state index contributed by atoms with van der Waals surface area (Å²) >= 11 is 0. The van der Waals surface area contributed by atoms with Gasteiger partial charge in [-0.05, 0) is 61.6 Å². The van der Waals surface area contributed by atoms with Gasteiger partial charge in [-0.15, -0.1) is 0 Å². The van der Waals surface area contributed by atoms with Crippen molar-refractivity contribution in [1.29, 1.82) is 0 Å². The lowest BCUT2D eigenvalue weighted by molar-refractivity contribution is -0.119. The molecule has 1 aliphatic heterocycles. The summed E-state index contributed by atoms with van der Waals surface area (Å²) in [5.74, 6) is 0.781. The maximum absolute atomic E-state index is 13.4. The first-order valence-corrected chi connectivity index (χ1v) is 11.9. The van der Waals surface area contributed by atoms with Crippen LogP contribution in [0.2, 0.25) is 0 Å². The highest BCUT2D eigenvalue weighted by Crippen LogP contribution is 2.44. The third kappa shape index (κ3) is 4.28. The van der Waals surface area contributed by atoms with Gasteiger partial charge in [-0.1, -0.05) is 60.2 Å². The van der Waals surface area contributed by atoms with Gasteiger partial charge in [0, 0.05) is 30.0 Å². The Morgan fingerprint density at radius 3 is 2.35 bits per heavy atom. The van der Waals surface area contributed by atoms with Crippen LogP contribution in [0.3, 0.4) is 0 Å². The highest BCUT2D eigenvalue weighted by molar-refractivity contribution is 6.07. The topological polar surface area (TPSA) is 46.6 Å². The molecular weight excluding hydrogens is 422 g/mol. The van der Waals surface area contributed by atoms with Gasteiger partial charge in [0.1, 0.15) is 12.4 Å². The lowest BCUT2D eigenvalue weighted by Gasteiger charge is -2.39. The molecule has 34 heavy (non-hydrogen) atoms. The lowest BCUT2D eigenvalue weighted by Crippen LogP contribution is -2.40. The summed E-state index contributed by atoms with van der Waals surface area (Å²) < 4.78 is 5.96. The standard InChI is InChI=1S/C30H29NO3/c1-20-10-12-22(13-11-20)19-34-24-16-14-23(15-17-24)25-18-29(33)31(26-7-4-3-6-21(26)2)27-8-5-9-28(32)30(25)27/h3-4,6-7,10-17,25H,5,8-9,18-19H2,1-2H3. The molecule has 3 aromatic rings. The van der Waals surface area contributed by atoms with Gasteiger partial charge in [0.25, 0.3) is 0 Å². The third-order valence-electron chi connectivity index (χ3n) is 6.84. The number of nitrogens with zero attached hydrogens (tertiary/aromatic N) is 1. The van der Waals surface area contributed by atoms with Gasteiger partial charge in [-0.3, -0.25) is 14.5 Å². The second-order valence-electron chi connectivity index (χ2n) is 9.25. The molecule has 3 aromatic carbocycles. The number of hydrogen-bond acceptors (Lipinski definition) is 3. The van der Waals surface area contributed by atoms with Crippen molar-refractivity contribution in [2.75, 3.05) is 4.90 Å². The van der Waals surface area contributed by atoms with E-state index in [0.717, 1.165) is 52.2 Å². The zero-order chi connectivity index (χ0) is 23.7. The minimum Gasteiger partial charge on any atom is -0.489 e. The molecule has 1 atom stereocenters. The van der Waals surface area contributed by atoms with Crippen molar-refractivity contribution in [3.8, 4) is 5.75 Å². The fourth-order valence-electron chi connectivity index (χ4n) is 5.02. The minimum absolute atomic E-state index is 0.0486. The van der Waals surface area contributed by atoms with Crippen molar-refractivity contribution < 1.29 is 14.3 Å². The number of ether oxygens (including phenoxy) is 1. The number of para-hydroxylation sites is 1. The smallest absolute Gasteiger partial charge is 0.232 e. The molecule has 0 fully saturated rings. The maximum Gasteiger partial charge on any atom is 0.232 e. The van der Waals surface area contributed by atoms with Crippen LogP contribution in [0.25, 0.3) is 0 Å². The second kappa shape index (κ2) is 9.30. The molecule has 4 heteroatoms. The van der Waals surface area contributed by atoms with Crippen molar-refractivity contribution in [2.45, 2.75) is 52.1 Å². The van der Waals surface area contributed by atoms with Crippen LogP contribution in [-0.4, -0.2) is 11.7 Å². The van der Waals surface area contributed by atoms with Crippen LogP contribution in [-0.2, 0) is 16.2 Å². The number of allylic oxidation sites excluding steroid dienone is 2. The van der Waals surface area contributed by atoms with Crippen LogP contribution in [0.1, 0.15) is 53.9 Å². The molecule has 4 nitrogen and oxygen atoms in total. The van der Waals surface area contributed by atoms with E-state index in [0.29, 0.717) is 19.4 Å². The van der Waals surface area contributed by atoms with Crippen molar-refractivity contribution in [3.63, 3.8) is 0 Å². The Hall–Kier alpha value is -3.66. The fraction of sp³-hybridized carbons (Fsp3) is 0.267. The number of ketones is 1. The van der Waals surface area contributed by atoms with Gasteiger partial charge >= 0.3 is 0 Å². The molecule has 1 amide bonds. The van der Waals surface area contributed by atoms with Crippen LogP contribution in [0.4, 0.5) is 5.69 Å². The van der Waals surface area contributed by atoms with Crippen LogP contribution < -0.4 is 9.64 Å². The number of hydrogen-bond donors (Lipinski definition) is 0. The SMILES string of the molecule is Cc1ccc(COc2ccc(C3CC(=O)N(c4ccccc4C)C4=C3C(=O)CCC4)cc2)cc1. The van der Waals surface area contributed by atoms with Crippen molar-refractivity contribution >= 4 is 17.4 Å². The molecule has 172 valence electrons. The Bertz CT molecular complexity index is 1250. The summed E-state index contributed by atoms with van der Waals surface area (Å²) in [7, 11) is 0. The molecular formula is C30H29NO3. The molecule has 1 unspecified atom stereocenters. The number of anilines is 1. The zero-order valence-electron chi connectivity index (χ0n) is 19.7. The van der Waals surface area contributed by atoms with E-state index >= 15 is 0 Å². The van der Waals surface area contributed by atoms with E-state index in [1.807, 2.05) is 55.5 Å². The van der Waals surface area contributed by atoms with Gasteiger partial charge in [0.2, 0.25) is 5.91 Å². The molecule has 0 saturated carbocycles. The summed E-state index contributed by atoms with van der Waals surface area (Å²) in [4.78, 5) is 28.3. The Kier molecular flexibility index (Phi) is 6.06. The van der Waals surface area contributed by atoms with Gasteiger partial charge < -0.3 is 4.74 Å². The Morgan fingerprint density at radius 2 is 1.62 bits per heavy atom. The normalized spacial score (nSPS) is 18.2. The number of carbonyl (C=O) groups is 2. The van der Waals surface area contributed by atoms with Gasteiger partial charge in [0.15, 0.2) is 5.78 Å². The molecule has 2 aliphatic rings. The number of aryl methyl sites for hydroxylation is 2. The summed E-state index contributed by atoms with van der Waals surface area (Å²) in [6.45, 7) is 4.58. The van der Waals surface area contributed by atoms with E-state index in [1.165, 1.54) is 5.56 Å². The monoisotopic (exact) mass is 451 g/mol. The Labute approximate surface area is 200 Å². The predicted molar refractivity (Wildman–Crippen MR) is 134 cm³/mol. The van der Waals surface area contributed by atoms with E-state index < -0.39 is 0 Å². The zero-order valence-corrected chi connectivity index (χ0v) is 19.7. The molecule has 0 saturated heterocycles. The largest absolute Gasteiger partial charge is 0.489 e. The van der Waals surface area contributed by atoms with E-state index in [2.05, 4.69) is 31.2 Å². The Morgan fingerprint density at radius 1 is 0.882 bits per heavy atom. The molecule has 0 N–H and O–H groups in total. The van der Waals surface area contributed by atoms with Crippen molar-refractivity contribution in [1.82, 2.24) is 0 Å². The average molecular weight is 452 g/mol. The summed E-state index contributed by atoms with van der Waals surface area (Å²) in [5, 5.41) is 0. The first-order valence-electron chi connectivity index (χ1n) is 11.9. The molecule has 0 aromatic heterocycles. The van der Waals surface area contributed by atoms with E-state index in [4.69, 9.17) is 4.74 Å². The lowest BCUT2D eigenvalue weighted by atomic mass is 9.77. The fourth-order valence-corrected chi connectivity index (χ4v) is 5.02. The molecule has 1 aliphatic carbocycles. The highest BCUT2D eigenvalue weighted by Gasteiger charge is 2.39. The molecule has 0 radical (unpaired) electrons. The first kappa shape index (κ1) is 22.1. The Balaban J connectivity index is 1.42. The number of Topliss-reactive ketones (excluding diaryl/α,β-unsaturated/α-hetero) is 1. The molecule has 0 bridgehead atoms. The summed E-state index contributed by atoms with van der Waals surface area (Å²) in [5.41, 5.74) is 6.94. The van der Waals surface area contributed by atoms with Gasteiger partial charge in [0.05, 0.1) is 5.69 Å². The molecule has 0 spiro atoms. The second-order valence-corrected chi connectivity index (χ2v) is 9.25. The van der Waals surface area contributed by atoms with Crippen LogP contribution in [0.5, 0.6) is 5.75 Å². The van der Waals surface area contributed by atoms with E-state index in [1.54, 1.807) is 4.90 Å². The van der Waals surface area contributed by atoms with Crippen LogP contribution in [0.15, 0.2) is 84.1 Å². The maximum atomic E-state index is 13.4. The van der Waals surface area contributed by atoms with E-state index in [-0.39, 0.29) is 17.6 Å². The minimum atomic E-state index is -0.207. The predicted octanol–water partition coefficient (Wildman–Crippen LogP) is 6.41. The molecule has 5 rings (SSSR count). The van der Waals surface area contributed by atoms with E-state index in [9.17, 15) is 9.59 Å². The van der Waals surface area contributed by atoms with Crippen molar-refractivity contribution in [2.24, 2.45) is 0 Å². The summed E-state index contributed by atoms with van der Waals surface area (Å²) in [6.07, 6.45) is 2.37. The quantitative estimate of drug-likeness (QED) is 0.450. The number of amides is 1. The molecule has 1 heterocycles. The number of carbonyl (C=O) groups excluding carboxylic acids is 2. The third-order valence-corrected chi connectivity index (χ3v) is 6.84. The van der Waals surface area contributed by atoms with Crippen LogP contribution in [0, 0.1) is 13.8 Å². The summed E-state index contributed by atoms with van der Waals surface area (Å²) in [6, 6.07) is 24.1.